The molecule has 0 radical (unpaired) electrons. The molecule has 2 aliphatic rings. The van der Waals surface area contributed by atoms with Gasteiger partial charge in [0.2, 0.25) is 11.8 Å². The Bertz CT molecular complexity index is 982. The second-order valence-electron chi connectivity index (χ2n) is 8.72. The Balaban J connectivity index is 1.37. The van der Waals surface area contributed by atoms with Gasteiger partial charge in [0.15, 0.2) is 5.13 Å². The van der Waals surface area contributed by atoms with Gasteiger partial charge in [0, 0.05) is 48.6 Å². The van der Waals surface area contributed by atoms with Crippen molar-refractivity contribution in [3.05, 3.63) is 40.2 Å². The van der Waals surface area contributed by atoms with E-state index in [0.717, 1.165) is 55.4 Å². The molecule has 1 unspecified atom stereocenters. The molecule has 2 aromatic rings. The Kier molecular flexibility index (Phi) is 6.27. The standard InChI is InChI=1S/C23H29FN4O2S/c1-14(2)22(30)27-8-10-28(11-9-27)23-26-19-6-4-16(13-20(19)31-23)21(29)25-18-7-5-17(24)12-15(18)3/h5,7,12,14,16H,4,6,8-11,13H2,1-3H3,(H,25,29). The molecular formula is C23H29FN4O2S. The fourth-order valence-corrected chi connectivity index (χ4v) is 5.44. The Morgan fingerprint density at radius 2 is 1.97 bits per heavy atom. The van der Waals surface area contributed by atoms with Crippen LogP contribution in [0.3, 0.4) is 0 Å². The third-order valence-electron chi connectivity index (χ3n) is 6.10. The van der Waals surface area contributed by atoms with Crippen LogP contribution in [-0.2, 0) is 22.4 Å². The van der Waals surface area contributed by atoms with Gasteiger partial charge in [-0.3, -0.25) is 9.59 Å². The summed E-state index contributed by atoms with van der Waals surface area (Å²) in [6.07, 6.45) is 2.24. The number of rotatable bonds is 4. The van der Waals surface area contributed by atoms with Gasteiger partial charge in [0.25, 0.3) is 0 Å². The van der Waals surface area contributed by atoms with Crippen LogP contribution < -0.4 is 10.2 Å². The zero-order chi connectivity index (χ0) is 22.1. The van der Waals surface area contributed by atoms with Crippen molar-refractivity contribution in [2.75, 3.05) is 36.4 Å². The summed E-state index contributed by atoms with van der Waals surface area (Å²) in [5, 5.41) is 3.96. The Morgan fingerprint density at radius 1 is 1.23 bits per heavy atom. The second kappa shape index (κ2) is 8.94. The van der Waals surface area contributed by atoms with E-state index in [-0.39, 0.29) is 29.5 Å². The molecule has 2 heterocycles. The van der Waals surface area contributed by atoms with Crippen LogP contribution in [0, 0.1) is 24.6 Å². The molecule has 1 aromatic heterocycles. The number of amides is 2. The first kappa shape index (κ1) is 21.7. The number of carbonyl (C=O) groups excluding carboxylic acids is 2. The van der Waals surface area contributed by atoms with Crippen molar-refractivity contribution in [3.8, 4) is 0 Å². The largest absolute Gasteiger partial charge is 0.345 e. The summed E-state index contributed by atoms with van der Waals surface area (Å²) in [6.45, 7) is 8.70. The minimum atomic E-state index is -0.301. The van der Waals surface area contributed by atoms with Crippen molar-refractivity contribution in [2.24, 2.45) is 11.8 Å². The molecule has 8 heteroatoms. The van der Waals surface area contributed by atoms with E-state index in [1.807, 2.05) is 18.7 Å². The van der Waals surface area contributed by atoms with E-state index in [1.165, 1.54) is 17.0 Å². The van der Waals surface area contributed by atoms with Gasteiger partial charge in [0.05, 0.1) is 5.69 Å². The number of nitrogens with one attached hydrogen (secondary N) is 1. The molecule has 1 saturated heterocycles. The highest BCUT2D eigenvalue weighted by Crippen LogP contribution is 2.35. The summed E-state index contributed by atoms with van der Waals surface area (Å²) in [6, 6.07) is 4.41. The average Bonchev–Trinajstić information content (AvgIpc) is 3.18. The van der Waals surface area contributed by atoms with Gasteiger partial charge in [-0.05, 0) is 49.9 Å². The van der Waals surface area contributed by atoms with E-state index in [2.05, 4.69) is 10.2 Å². The van der Waals surface area contributed by atoms with Crippen molar-refractivity contribution >= 4 is 34.0 Å². The highest BCUT2D eigenvalue weighted by molar-refractivity contribution is 7.15. The smallest absolute Gasteiger partial charge is 0.227 e. The summed E-state index contributed by atoms with van der Waals surface area (Å²) in [5.74, 6) is -0.185. The van der Waals surface area contributed by atoms with E-state index >= 15 is 0 Å². The van der Waals surface area contributed by atoms with Crippen LogP contribution in [0.1, 0.15) is 36.4 Å². The molecule has 1 aliphatic carbocycles. The highest BCUT2D eigenvalue weighted by Gasteiger charge is 2.30. The number of halogens is 1. The summed E-state index contributed by atoms with van der Waals surface area (Å²) < 4.78 is 13.3. The SMILES string of the molecule is Cc1cc(F)ccc1NC(=O)C1CCc2nc(N3CCN(C(=O)C(C)C)CC3)sc2C1. The monoisotopic (exact) mass is 444 g/mol. The molecule has 2 amide bonds. The predicted octanol–water partition coefficient (Wildman–Crippen LogP) is 3.64. The first-order valence-electron chi connectivity index (χ1n) is 10.9. The molecule has 1 aliphatic heterocycles. The van der Waals surface area contributed by atoms with Crippen LogP contribution in [0.4, 0.5) is 15.2 Å². The fourth-order valence-electron chi connectivity index (χ4n) is 4.21. The van der Waals surface area contributed by atoms with E-state index < -0.39 is 0 Å². The molecule has 0 spiro atoms. The van der Waals surface area contributed by atoms with Crippen LogP contribution in [0.25, 0.3) is 0 Å². The molecule has 0 bridgehead atoms. The highest BCUT2D eigenvalue weighted by atomic mass is 32.1. The minimum Gasteiger partial charge on any atom is -0.345 e. The third-order valence-corrected chi connectivity index (χ3v) is 7.28. The molecule has 1 aromatic carbocycles. The number of hydrogen-bond donors (Lipinski definition) is 1. The number of benzene rings is 1. The van der Waals surface area contributed by atoms with Crippen molar-refractivity contribution in [2.45, 2.75) is 40.0 Å². The van der Waals surface area contributed by atoms with Gasteiger partial charge >= 0.3 is 0 Å². The number of nitrogens with zero attached hydrogens (tertiary/aromatic N) is 3. The third kappa shape index (κ3) is 4.74. The zero-order valence-electron chi connectivity index (χ0n) is 18.3. The number of piperazine rings is 1. The molecule has 31 heavy (non-hydrogen) atoms. The number of hydrogen-bond acceptors (Lipinski definition) is 5. The van der Waals surface area contributed by atoms with Crippen molar-refractivity contribution < 1.29 is 14.0 Å². The maximum Gasteiger partial charge on any atom is 0.227 e. The summed E-state index contributed by atoms with van der Waals surface area (Å²) >= 11 is 1.67. The van der Waals surface area contributed by atoms with Crippen LogP contribution in [0.2, 0.25) is 0 Å². The Morgan fingerprint density at radius 3 is 2.65 bits per heavy atom. The van der Waals surface area contributed by atoms with E-state index in [1.54, 1.807) is 24.3 Å². The van der Waals surface area contributed by atoms with Gasteiger partial charge < -0.3 is 15.1 Å². The molecule has 166 valence electrons. The number of aryl methyl sites for hydroxylation is 2. The van der Waals surface area contributed by atoms with Crippen LogP contribution in [0.15, 0.2) is 18.2 Å². The van der Waals surface area contributed by atoms with Gasteiger partial charge in [-0.1, -0.05) is 13.8 Å². The number of aromatic nitrogens is 1. The molecule has 0 saturated carbocycles. The first-order valence-corrected chi connectivity index (χ1v) is 11.7. The summed E-state index contributed by atoms with van der Waals surface area (Å²) in [5.41, 5.74) is 2.48. The lowest BCUT2D eigenvalue weighted by Gasteiger charge is -2.35. The maximum absolute atomic E-state index is 13.3. The fraction of sp³-hybridized carbons (Fsp3) is 0.522. The lowest BCUT2D eigenvalue weighted by Crippen LogP contribution is -2.49. The Hall–Kier alpha value is -2.48. The van der Waals surface area contributed by atoms with Crippen molar-refractivity contribution in [3.63, 3.8) is 0 Å². The molecule has 1 N–H and O–H groups in total. The lowest BCUT2D eigenvalue weighted by atomic mass is 9.90. The zero-order valence-corrected chi connectivity index (χ0v) is 19.1. The number of anilines is 2. The van der Waals surface area contributed by atoms with Crippen LogP contribution in [0.5, 0.6) is 0 Å². The van der Waals surface area contributed by atoms with Crippen molar-refractivity contribution in [1.29, 1.82) is 0 Å². The van der Waals surface area contributed by atoms with Gasteiger partial charge in [0.1, 0.15) is 5.82 Å². The second-order valence-corrected chi connectivity index (χ2v) is 9.78. The predicted molar refractivity (Wildman–Crippen MR) is 121 cm³/mol. The molecule has 1 fully saturated rings. The lowest BCUT2D eigenvalue weighted by molar-refractivity contribution is -0.134. The number of thiazole rings is 1. The van der Waals surface area contributed by atoms with Crippen molar-refractivity contribution in [1.82, 2.24) is 9.88 Å². The molecular weight excluding hydrogens is 415 g/mol. The van der Waals surface area contributed by atoms with E-state index in [4.69, 9.17) is 4.98 Å². The van der Waals surface area contributed by atoms with Gasteiger partial charge in [-0.2, -0.15) is 0 Å². The topological polar surface area (TPSA) is 65.5 Å². The van der Waals surface area contributed by atoms with Gasteiger partial charge in [-0.15, -0.1) is 11.3 Å². The summed E-state index contributed by atoms with van der Waals surface area (Å²) in [7, 11) is 0. The molecule has 6 nitrogen and oxygen atoms in total. The first-order chi connectivity index (χ1) is 14.8. The normalized spacial score (nSPS) is 18.8. The molecule has 4 rings (SSSR count). The minimum absolute atomic E-state index is 0.0175. The van der Waals surface area contributed by atoms with Crippen LogP contribution >= 0.6 is 11.3 Å². The average molecular weight is 445 g/mol. The number of carbonyl (C=O) groups is 2. The van der Waals surface area contributed by atoms with Crippen LogP contribution in [-0.4, -0.2) is 47.9 Å². The quantitative estimate of drug-likeness (QED) is 0.782. The van der Waals surface area contributed by atoms with Gasteiger partial charge in [-0.25, -0.2) is 9.37 Å². The van der Waals surface area contributed by atoms with E-state index in [0.29, 0.717) is 12.1 Å². The summed E-state index contributed by atoms with van der Waals surface area (Å²) in [4.78, 5) is 35.2. The Labute approximate surface area is 186 Å². The maximum atomic E-state index is 13.3. The molecule has 1 atom stereocenters. The van der Waals surface area contributed by atoms with E-state index in [9.17, 15) is 14.0 Å². The number of fused-ring (bicyclic) bond motifs is 1.